The summed E-state index contributed by atoms with van der Waals surface area (Å²) in [5, 5.41) is 6.67. The number of anilines is 1. The zero-order valence-electron chi connectivity index (χ0n) is 19.7. The second kappa shape index (κ2) is 9.00. The van der Waals surface area contributed by atoms with Gasteiger partial charge in [-0.05, 0) is 43.9 Å². The van der Waals surface area contributed by atoms with E-state index in [2.05, 4.69) is 10.6 Å². The molecule has 2 bridgehead atoms. The molecule has 5 rings (SSSR count). The lowest BCUT2D eigenvalue weighted by Crippen LogP contribution is -2.56. The van der Waals surface area contributed by atoms with Gasteiger partial charge < -0.3 is 20.3 Å². The average molecular weight is 486 g/mol. The monoisotopic (exact) mass is 485 g/mol. The van der Waals surface area contributed by atoms with Crippen LogP contribution in [-0.2, 0) is 19.1 Å². The van der Waals surface area contributed by atoms with Crippen LogP contribution in [-0.4, -0.2) is 53.0 Å². The summed E-state index contributed by atoms with van der Waals surface area (Å²) < 4.78 is 6.35. The Morgan fingerprint density at radius 3 is 2.68 bits per heavy atom. The van der Waals surface area contributed by atoms with Gasteiger partial charge in [0.2, 0.25) is 17.7 Å². The Morgan fingerprint density at radius 1 is 1.21 bits per heavy atom. The van der Waals surface area contributed by atoms with Gasteiger partial charge in [0.15, 0.2) is 0 Å². The third kappa shape index (κ3) is 3.73. The van der Waals surface area contributed by atoms with Crippen molar-refractivity contribution >= 4 is 35.0 Å². The second-order valence-electron chi connectivity index (χ2n) is 10.0. The van der Waals surface area contributed by atoms with Crippen molar-refractivity contribution in [2.24, 2.45) is 11.8 Å². The first-order valence-corrected chi connectivity index (χ1v) is 12.8. The van der Waals surface area contributed by atoms with Crippen LogP contribution in [0.5, 0.6) is 0 Å². The number of rotatable bonds is 6. The van der Waals surface area contributed by atoms with E-state index in [1.54, 1.807) is 17.0 Å². The first kappa shape index (κ1) is 23.4. The fourth-order valence-electron chi connectivity index (χ4n) is 6.17. The fraction of sp³-hybridized carbons (Fsp3) is 0.577. The van der Waals surface area contributed by atoms with Crippen LogP contribution in [0.15, 0.2) is 30.4 Å². The second-order valence-corrected chi connectivity index (χ2v) is 10.4. The van der Waals surface area contributed by atoms with E-state index < -0.39 is 29.6 Å². The molecular formula is C26H32ClN3O4. The number of likely N-dealkylation sites (tertiary alicyclic amines) is 1. The van der Waals surface area contributed by atoms with Gasteiger partial charge in [-0.25, -0.2) is 0 Å². The smallest absolute Gasteiger partial charge is 0.246 e. The van der Waals surface area contributed by atoms with E-state index in [-0.39, 0.29) is 23.8 Å². The molecule has 8 heteroatoms. The molecule has 1 aliphatic carbocycles. The van der Waals surface area contributed by atoms with E-state index in [1.807, 2.05) is 32.1 Å². The Morgan fingerprint density at radius 2 is 1.97 bits per heavy atom. The van der Waals surface area contributed by atoms with Gasteiger partial charge in [-0.15, -0.1) is 0 Å². The van der Waals surface area contributed by atoms with Crippen LogP contribution in [0.25, 0.3) is 0 Å². The minimum atomic E-state index is -1.11. The Kier molecular flexibility index (Phi) is 6.19. The highest BCUT2D eigenvalue weighted by atomic mass is 35.5. The van der Waals surface area contributed by atoms with Crippen molar-refractivity contribution in [2.45, 2.75) is 76.2 Å². The minimum absolute atomic E-state index is 0.128. The molecule has 4 aliphatic rings. The molecule has 0 aromatic heterocycles. The van der Waals surface area contributed by atoms with Gasteiger partial charge in [0.1, 0.15) is 11.6 Å². The number of fused-ring (bicyclic) bond motifs is 1. The van der Waals surface area contributed by atoms with Crippen LogP contribution in [0.3, 0.4) is 0 Å². The van der Waals surface area contributed by atoms with Gasteiger partial charge in [0, 0.05) is 23.3 Å². The highest BCUT2D eigenvalue weighted by Gasteiger charge is 2.72. The largest absolute Gasteiger partial charge is 0.359 e. The summed E-state index contributed by atoms with van der Waals surface area (Å²) >= 11 is 6.23. The summed E-state index contributed by atoms with van der Waals surface area (Å²) in [5.74, 6) is -2.08. The summed E-state index contributed by atoms with van der Waals surface area (Å²) in [6, 6.07) is 4.70. The standard InChI is InChI=1S/C26H32ClN3O4/c1-3-13-30-22(24(32)28-16-7-5-4-6-8-16)26-12-11-19(34-26)20(21(26)25(30)33)23(31)29-17-10-9-15(2)18(27)14-17/h9-12,14,16,19-22H,3-8,13H2,1-2H3,(H,28,32)(H,29,31). The first-order valence-electron chi connectivity index (χ1n) is 12.4. The van der Waals surface area contributed by atoms with Crippen LogP contribution in [0.4, 0.5) is 5.69 Å². The number of hydrogen-bond donors (Lipinski definition) is 2. The predicted octanol–water partition coefficient (Wildman–Crippen LogP) is 3.60. The van der Waals surface area contributed by atoms with E-state index in [1.165, 1.54) is 6.42 Å². The number of carbonyl (C=O) groups is 3. The van der Waals surface area contributed by atoms with Crippen molar-refractivity contribution < 1.29 is 19.1 Å². The molecule has 3 fully saturated rings. The molecule has 3 amide bonds. The summed E-state index contributed by atoms with van der Waals surface area (Å²) in [5.41, 5.74) is 0.379. The van der Waals surface area contributed by atoms with Crippen molar-refractivity contribution in [3.63, 3.8) is 0 Å². The molecule has 34 heavy (non-hydrogen) atoms. The molecule has 0 radical (unpaired) electrons. The van der Waals surface area contributed by atoms with Crippen molar-refractivity contribution in [1.82, 2.24) is 10.2 Å². The van der Waals surface area contributed by atoms with Crippen LogP contribution >= 0.6 is 11.6 Å². The maximum absolute atomic E-state index is 13.7. The highest BCUT2D eigenvalue weighted by molar-refractivity contribution is 6.31. The topological polar surface area (TPSA) is 87.7 Å². The number of ether oxygens (including phenoxy) is 1. The Bertz CT molecular complexity index is 1040. The zero-order chi connectivity index (χ0) is 24.0. The summed E-state index contributed by atoms with van der Waals surface area (Å²) in [4.78, 5) is 42.3. The average Bonchev–Trinajstić information content (AvgIpc) is 3.45. The molecule has 1 aromatic carbocycles. The maximum atomic E-state index is 13.7. The minimum Gasteiger partial charge on any atom is -0.359 e. The normalized spacial score (nSPS) is 32.2. The quantitative estimate of drug-likeness (QED) is 0.603. The first-order chi connectivity index (χ1) is 16.4. The van der Waals surface area contributed by atoms with E-state index in [0.29, 0.717) is 23.7 Å². The third-order valence-corrected chi connectivity index (χ3v) is 8.19. The van der Waals surface area contributed by atoms with E-state index >= 15 is 0 Å². The molecule has 2 N–H and O–H groups in total. The molecular weight excluding hydrogens is 454 g/mol. The lowest BCUT2D eigenvalue weighted by molar-refractivity contribution is -0.141. The molecule has 2 saturated heterocycles. The number of amides is 3. The number of carbonyl (C=O) groups excluding carboxylic acids is 3. The maximum Gasteiger partial charge on any atom is 0.246 e. The molecule has 3 heterocycles. The van der Waals surface area contributed by atoms with Crippen molar-refractivity contribution in [3.05, 3.63) is 40.9 Å². The lowest BCUT2D eigenvalue weighted by Gasteiger charge is -2.34. The van der Waals surface area contributed by atoms with E-state index in [9.17, 15) is 14.4 Å². The molecule has 3 aliphatic heterocycles. The number of hydrogen-bond acceptors (Lipinski definition) is 4. The predicted molar refractivity (Wildman–Crippen MR) is 129 cm³/mol. The molecule has 1 aromatic rings. The van der Waals surface area contributed by atoms with Crippen LogP contribution in [0.1, 0.15) is 51.0 Å². The number of nitrogens with one attached hydrogen (secondary N) is 2. The SMILES string of the molecule is CCCN1C(=O)C2C(C(=O)Nc3ccc(C)c(Cl)c3)C3C=CC2(O3)C1C(=O)NC1CCCCC1. The van der Waals surface area contributed by atoms with Crippen molar-refractivity contribution in [2.75, 3.05) is 11.9 Å². The van der Waals surface area contributed by atoms with E-state index in [4.69, 9.17) is 16.3 Å². The molecule has 5 atom stereocenters. The van der Waals surface area contributed by atoms with Gasteiger partial charge in [-0.3, -0.25) is 14.4 Å². The zero-order valence-corrected chi connectivity index (χ0v) is 20.4. The third-order valence-electron chi connectivity index (χ3n) is 7.78. The summed E-state index contributed by atoms with van der Waals surface area (Å²) in [6.45, 7) is 4.32. The van der Waals surface area contributed by atoms with Gasteiger partial charge >= 0.3 is 0 Å². The van der Waals surface area contributed by atoms with Gasteiger partial charge in [-0.1, -0.05) is 56.0 Å². The Hall–Kier alpha value is -2.38. The molecule has 182 valence electrons. The van der Waals surface area contributed by atoms with E-state index in [0.717, 1.165) is 31.2 Å². The van der Waals surface area contributed by atoms with Crippen molar-refractivity contribution in [1.29, 1.82) is 0 Å². The highest BCUT2D eigenvalue weighted by Crippen LogP contribution is 2.55. The van der Waals surface area contributed by atoms with Crippen LogP contribution in [0, 0.1) is 18.8 Å². The lowest BCUT2D eigenvalue weighted by atomic mass is 9.74. The number of nitrogens with zero attached hydrogens (tertiary/aromatic N) is 1. The molecule has 5 unspecified atom stereocenters. The molecule has 1 spiro atoms. The molecule has 7 nitrogen and oxygen atoms in total. The summed E-state index contributed by atoms with van der Waals surface area (Å²) in [7, 11) is 0. The van der Waals surface area contributed by atoms with Gasteiger partial charge in [0.05, 0.1) is 17.9 Å². The van der Waals surface area contributed by atoms with Crippen molar-refractivity contribution in [3.8, 4) is 0 Å². The molecule has 1 saturated carbocycles. The fourth-order valence-corrected chi connectivity index (χ4v) is 6.35. The summed E-state index contributed by atoms with van der Waals surface area (Å²) in [6.07, 6.45) is 9.19. The Balaban J connectivity index is 1.42. The van der Waals surface area contributed by atoms with Crippen LogP contribution < -0.4 is 10.6 Å². The number of halogens is 1. The van der Waals surface area contributed by atoms with Crippen LogP contribution in [0.2, 0.25) is 5.02 Å². The Labute approximate surface area is 205 Å². The van der Waals surface area contributed by atoms with Gasteiger partial charge in [0.25, 0.3) is 0 Å². The number of benzene rings is 1. The van der Waals surface area contributed by atoms with Gasteiger partial charge in [-0.2, -0.15) is 0 Å². The number of aryl methyl sites for hydroxylation is 1.